The van der Waals surface area contributed by atoms with E-state index in [0.29, 0.717) is 16.7 Å². The molecule has 1 aliphatic heterocycles. The minimum atomic E-state index is -3.69. The SMILES string of the molecule is O=C1NS(=O)(=O)c2ccc(NCc3cnc(Cl)s3)cc21. The normalized spacial score (nSPS) is 15.8. The van der Waals surface area contributed by atoms with Crippen molar-refractivity contribution >= 4 is 44.6 Å². The number of nitrogens with one attached hydrogen (secondary N) is 2. The summed E-state index contributed by atoms with van der Waals surface area (Å²) < 4.78 is 25.6. The summed E-state index contributed by atoms with van der Waals surface area (Å²) in [6.45, 7) is 0.498. The van der Waals surface area contributed by atoms with Crippen LogP contribution in [-0.2, 0) is 16.6 Å². The molecule has 9 heteroatoms. The summed E-state index contributed by atoms with van der Waals surface area (Å²) in [6, 6.07) is 4.53. The van der Waals surface area contributed by atoms with Crippen molar-refractivity contribution in [2.75, 3.05) is 5.32 Å². The molecule has 2 aromatic rings. The number of anilines is 1. The van der Waals surface area contributed by atoms with Crippen molar-refractivity contribution in [2.45, 2.75) is 11.4 Å². The Morgan fingerprint density at radius 3 is 2.90 bits per heavy atom. The minimum Gasteiger partial charge on any atom is -0.380 e. The first kappa shape index (κ1) is 13.3. The Bertz CT molecular complexity index is 801. The first-order valence-corrected chi connectivity index (χ1v) is 8.19. The van der Waals surface area contributed by atoms with Gasteiger partial charge in [-0.15, -0.1) is 11.3 Å². The van der Waals surface area contributed by atoms with E-state index in [2.05, 4.69) is 10.3 Å². The topological polar surface area (TPSA) is 88.2 Å². The summed E-state index contributed by atoms with van der Waals surface area (Å²) in [5.74, 6) is -0.607. The lowest BCUT2D eigenvalue weighted by Gasteiger charge is -2.05. The summed E-state index contributed by atoms with van der Waals surface area (Å²) in [4.78, 5) is 16.4. The highest BCUT2D eigenvalue weighted by molar-refractivity contribution is 7.90. The quantitative estimate of drug-likeness (QED) is 0.897. The fourth-order valence-corrected chi connectivity index (χ4v) is 3.91. The summed E-state index contributed by atoms with van der Waals surface area (Å²) >= 11 is 7.08. The number of rotatable bonds is 3. The molecular weight excluding hydrogens is 322 g/mol. The summed E-state index contributed by atoms with van der Waals surface area (Å²) in [5.41, 5.74) is 0.804. The van der Waals surface area contributed by atoms with Crippen LogP contribution in [0.4, 0.5) is 5.69 Å². The van der Waals surface area contributed by atoms with Gasteiger partial charge in [0.2, 0.25) is 0 Å². The molecule has 0 radical (unpaired) electrons. The fraction of sp³-hybridized carbons (Fsp3) is 0.0909. The fourth-order valence-electron chi connectivity index (χ4n) is 1.84. The van der Waals surface area contributed by atoms with Gasteiger partial charge in [-0.1, -0.05) is 11.6 Å². The Morgan fingerprint density at radius 1 is 1.40 bits per heavy atom. The van der Waals surface area contributed by atoms with Crippen molar-refractivity contribution in [3.05, 3.63) is 39.3 Å². The van der Waals surface area contributed by atoms with Gasteiger partial charge in [-0.05, 0) is 18.2 Å². The molecule has 0 spiro atoms. The van der Waals surface area contributed by atoms with Crippen molar-refractivity contribution in [2.24, 2.45) is 0 Å². The van der Waals surface area contributed by atoms with Gasteiger partial charge < -0.3 is 5.32 Å². The van der Waals surface area contributed by atoms with E-state index in [1.165, 1.54) is 23.5 Å². The second-order valence-corrected chi connectivity index (χ2v) is 7.43. The Hall–Kier alpha value is -1.64. The number of aromatic nitrogens is 1. The first-order chi connectivity index (χ1) is 9.45. The molecule has 0 bridgehead atoms. The van der Waals surface area contributed by atoms with Crippen LogP contribution in [0, 0.1) is 0 Å². The van der Waals surface area contributed by atoms with E-state index in [0.717, 1.165) is 4.88 Å². The smallest absolute Gasteiger partial charge is 0.266 e. The van der Waals surface area contributed by atoms with Gasteiger partial charge in [0.05, 0.1) is 12.1 Å². The molecule has 0 fully saturated rings. The number of hydrogen-bond acceptors (Lipinski definition) is 6. The van der Waals surface area contributed by atoms with Crippen LogP contribution in [0.5, 0.6) is 0 Å². The third kappa shape index (κ3) is 2.37. The zero-order chi connectivity index (χ0) is 14.3. The van der Waals surface area contributed by atoms with Gasteiger partial charge in [0.25, 0.3) is 15.9 Å². The van der Waals surface area contributed by atoms with E-state index in [1.54, 1.807) is 12.3 Å². The monoisotopic (exact) mass is 329 g/mol. The standard InChI is InChI=1S/C11H8ClN3O3S2/c12-11-14-5-7(19-11)4-13-6-1-2-9-8(3-6)10(16)15-20(9,17)18/h1-3,5,13H,4H2,(H,15,16). The second kappa shape index (κ2) is 4.72. The first-order valence-electron chi connectivity index (χ1n) is 5.51. The summed E-state index contributed by atoms with van der Waals surface area (Å²) in [7, 11) is -3.69. The zero-order valence-corrected chi connectivity index (χ0v) is 12.3. The van der Waals surface area contributed by atoms with E-state index in [4.69, 9.17) is 11.6 Å². The van der Waals surface area contributed by atoms with Crippen LogP contribution in [0.1, 0.15) is 15.2 Å². The van der Waals surface area contributed by atoms with Gasteiger partial charge >= 0.3 is 0 Å². The predicted molar refractivity (Wildman–Crippen MR) is 75.5 cm³/mol. The van der Waals surface area contributed by atoms with Gasteiger partial charge in [0.15, 0.2) is 4.47 Å². The van der Waals surface area contributed by atoms with Crippen LogP contribution in [0.25, 0.3) is 0 Å². The predicted octanol–water partition coefficient (Wildman–Crippen LogP) is 1.84. The van der Waals surface area contributed by atoms with Crippen molar-refractivity contribution in [3.8, 4) is 0 Å². The van der Waals surface area contributed by atoms with Crippen molar-refractivity contribution < 1.29 is 13.2 Å². The average molecular weight is 330 g/mol. The molecule has 1 aromatic carbocycles. The van der Waals surface area contributed by atoms with Gasteiger partial charge in [-0.25, -0.2) is 18.1 Å². The minimum absolute atomic E-state index is 0.00823. The molecule has 1 amide bonds. The van der Waals surface area contributed by atoms with Crippen molar-refractivity contribution in [3.63, 3.8) is 0 Å². The number of carbonyl (C=O) groups excluding carboxylic acids is 1. The van der Waals surface area contributed by atoms with Crippen LogP contribution >= 0.6 is 22.9 Å². The van der Waals surface area contributed by atoms with Crippen LogP contribution in [0.3, 0.4) is 0 Å². The zero-order valence-electron chi connectivity index (χ0n) is 9.88. The van der Waals surface area contributed by atoms with E-state index >= 15 is 0 Å². The molecule has 2 heterocycles. The van der Waals surface area contributed by atoms with Gasteiger partial charge in [0, 0.05) is 16.8 Å². The highest BCUT2D eigenvalue weighted by atomic mass is 35.5. The number of fused-ring (bicyclic) bond motifs is 1. The molecule has 3 rings (SSSR count). The molecule has 6 nitrogen and oxygen atoms in total. The van der Waals surface area contributed by atoms with Crippen LogP contribution < -0.4 is 10.0 Å². The maximum absolute atomic E-state index is 11.6. The maximum Gasteiger partial charge on any atom is 0.266 e. The van der Waals surface area contributed by atoms with Crippen LogP contribution in [-0.4, -0.2) is 19.3 Å². The lowest BCUT2D eigenvalue weighted by molar-refractivity contribution is 0.0985. The Labute approximate surface area is 123 Å². The molecule has 20 heavy (non-hydrogen) atoms. The largest absolute Gasteiger partial charge is 0.380 e. The number of halogens is 1. The Kier molecular flexibility index (Phi) is 3.15. The summed E-state index contributed by atoms with van der Waals surface area (Å²) in [5, 5.41) is 3.09. The molecule has 0 unspecified atom stereocenters. The van der Waals surface area contributed by atoms with Gasteiger partial charge in [-0.3, -0.25) is 4.79 Å². The van der Waals surface area contributed by atoms with Gasteiger partial charge in [-0.2, -0.15) is 0 Å². The van der Waals surface area contributed by atoms with Crippen molar-refractivity contribution in [1.29, 1.82) is 0 Å². The van der Waals surface area contributed by atoms with E-state index in [9.17, 15) is 13.2 Å². The maximum atomic E-state index is 11.6. The Morgan fingerprint density at radius 2 is 2.20 bits per heavy atom. The third-order valence-corrected chi connectivity index (χ3v) is 5.24. The average Bonchev–Trinajstić information content (AvgIpc) is 2.90. The molecule has 0 saturated heterocycles. The summed E-state index contributed by atoms with van der Waals surface area (Å²) in [6.07, 6.45) is 1.66. The number of nitrogens with zero attached hydrogens (tertiary/aromatic N) is 1. The molecule has 0 aliphatic carbocycles. The van der Waals surface area contributed by atoms with E-state index in [1.807, 2.05) is 4.72 Å². The molecular formula is C11H8ClN3O3S2. The Balaban J connectivity index is 1.83. The van der Waals surface area contributed by atoms with E-state index in [-0.39, 0.29) is 10.5 Å². The van der Waals surface area contributed by atoms with E-state index < -0.39 is 15.9 Å². The molecule has 1 aromatic heterocycles. The highest BCUT2D eigenvalue weighted by Crippen LogP contribution is 2.26. The second-order valence-electron chi connectivity index (χ2n) is 4.08. The number of carbonyl (C=O) groups is 1. The number of amides is 1. The molecule has 1 aliphatic rings. The number of benzene rings is 1. The van der Waals surface area contributed by atoms with Crippen LogP contribution in [0.15, 0.2) is 29.3 Å². The molecule has 0 saturated carbocycles. The molecule has 104 valence electrons. The lowest BCUT2D eigenvalue weighted by Crippen LogP contribution is -2.20. The van der Waals surface area contributed by atoms with Crippen molar-refractivity contribution in [1.82, 2.24) is 9.71 Å². The van der Waals surface area contributed by atoms with Crippen LogP contribution in [0.2, 0.25) is 4.47 Å². The third-order valence-electron chi connectivity index (χ3n) is 2.73. The molecule has 0 atom stereocenters. The number of hydrogen-bond donors (Lipinski definition) is 2. The highest BCUT2D eigenvalue weighted by Gasteiger charge is 2.32. The molecule has 2 N–H and O–H groups in total. The number of thiazole rings is 1. The number of sulfonamides is 1. The lowest BCUT2D eigenvalue weighted by atomic mass is 10.2. The van der Waals surface area contributed by atoms with Gasteiger partial charge in [0.1, 0.15) is 4.90 Å².